The van der Waals surface area contributed by atoms with E-state index in [1.54, 1.807) is 18.2 Å². The van der Waals surface area contributed by atoms with Gasteiger partial charge in [-0.3, -0.25) is 4.79 Å². The minimum absolute atomic E-state index is 0.160. The number of nitrogens with zero attached hydrogens (tertiary/aromatic N) is 1. The number of sulfonamides is 1. The van der Waals surface area contributed by atoms with E-state index in [4.69, 9.17) is 11.6 Å². The summed E-state index contributed by atoms with van der Waals surface area (Å²) in [6.45, 7) is 2.96. The summed E-state index contributed by atoms with van der Waals surface area (Å²) < 4.78 is 27.3. The van der Waals surface area contributed by atoms with Gasteiger partial charge in [0.1, 0.15) is 0 Å². The van der Waals surface area contributed by atoms with Crippen LogP contribution in [0, 0.1) is 6.92 Å². The third-order valence-electron chi connectivity index (χ3n) is 4.83. The zero-order valence-electron chi connectivity index (χ0n) is 16.4. The molecule has 0 spiro atoms. The van der Waals surface area contributed by atoms with E-state index < -0.39 is 10.0 Å². The fourth-order valence-electron chi connectivity index (χ4n) is 3.23. The quantitative estimate of drug-likeness (QED) is 0.661. The predicted octanol–water partition coefficient (Wildman–Crippen LogP) is 4.69. The minimum Gasteiger partial charge on any atom is -0.325 e. The van der Waals surface area contributed by atoms with E-state index in [0.29, 0.717) is 29.6 Å². The molecule has 0 bridgehead atoms. The molecule has 1 aliphatic heterocycles. The second-order valence-electron chi connectivity index (χ2n) is 7.11. The molecule has 2 aromatic rings. The molecule has 1 amide bonds. The lowest BCUT2D eigenvalue weighted by Gasteiger charge is -2.26. The Labute approximate surface area is 181 Å². The molecule has 29 heavy (non-hydrogen) atoms. The monoisotopic (exact) mass is 452 g/mol. The fourth-order valence-corrected chi connectivity index (χ4v) is 5.76. The van der Waals surface area contributed by atoms with E-state index in [1.165, 1.54) is 16.1 Å². The van der Waals surface area contributed by atoms with E-state index in [-0.39, 0.29) is 16.6 Å². The van der Waals surface area contributed by atoms with Crippen LogP contribution in [0.2, 0.25) is 5.02 Å². The van der Waals surface area contributed by atoms with Crippen LogP contribution >= 0.6 is 23.4 Å². The van der Waals surface area contributed by atoms with Gasteiger partial charge in [0.15, 0.2) is 0 Å². The molecule has 3 rings (SSSR count). The fraction of sp³-hybridized carbons (Fsp3) is 0.381. The van der Waals surface area contributed by atoms with Crippen LogP contribution in [0.3, 0.4) is 0 Å². The predicted molar refractivity (Wildman–Crippen MR) is 120 cm³/mol. The van der Waals surface area contributed by atoms with Crippen LogP contribution in [0.15, 0.2) is 47.4 Å². The van der Waals surface area contributed by atoms with Crippen molar-refractivity contribution in [2.24, 2.45) is 0 Å². The molecule has 2 aromatic carbocycles. The number of hydrogen-bond donors (Lipinski definition) is 1. The molecule has 0 aromatic heterocycles. The Hall–Kier alpha value is -1.54. The number of aryl methyl sites for hydroxylation is 1. The van der Waals surface area contributed by atoms with Gasteiger partial charge in [-0.05, 0) is 55.2 Å². The van der Waals surface area contributed by atoms with Crippen LogP contribution in [0.25, 0.3) is 0 Å². The summed E-state index contributed by atoms with van der Waals surface area (Å²) in [5, 5.41) is 3.53. The van der Waals surface area contributed by atoms with Gasteiger partial charge in [-0.15, -0.1) is 11.8 Å². The van der Waals surface area contributed by atoms with Gasteiger partial charge in [-0.2, -0.15) is 4.31 Å². The first-order chi connectivity index (χ1) is 13.9. The maximum atomic E-state index is 12.9. The zero-order valence-corrected chi connectivity index (χ0v) is 18.7. The molecule has 0 radical (unpaired) electrons. The Morgan fingerprint density at radius 1 is 1.14 bits per heavy atom. The Morgan fingerprint density at radius 2 is 1.90 bits per heavy atom. The maximum Gasteiger partial charge on any atom is 0.243 e. The van der Waals surface area contributed by atoms with E-state index >= 15 is 0 Å². The molecular formula is C21H25ClN2O3S2. The number of benzene rings is 2. The lowest BCUT2D eigenvalue weighted by atomic mass is 10.2. The standard InChI is InChI=1S/C21H25ClN2O3S2/c1-16-8-9-19(29(26,27)24-10-3-2-4-11-24)13-20(16)23-21(25)15-28-14-17-6-5-7-18(22)12-17/h5-9,12-13H,2-4,10-11,14-15H2,1H3,(H,23,25). The van der Waals surface area contributed by atoms with Crippen molar-refractivity contribution in [3.8, 4) is 0 Å². The summed E-state index contributed by atoms with van der Waals surface area (Å²) in [4.78, 5) is 12.6. The molecule has 8 heteroatoms. The Morgan fingerprint density at radius 3 is 2.62 bits per heavy atom. The highest BCUT2D eigenvalue weighted by Crippen LogP contribution is 2.25. The second kappa shape index (κ2) is 9.98. The SMILES string of the molecule is Cc1ccc(S(=O)(=O)N2CCCCC2)cc1NC(=O)CSCc1cccc(Cl)c1. The van der Waals surface area contributed by atoms with E-state index in [2.05, 4.69) is 5.32 Å². The van der Waals surface area contributed by atoms with Gasteiger partial charge in [0.2, 0.25) is 15.9 Å². The largest absolute Gasteiger partial charge is 0.325 e. The molecule has 5 nitrogen and oxygen atoms in total. The zero-order chi connectivity index (χ0) is 20.9. The number of thioether (sulfide) groups is 1. The molecule has 1 N–H and O–H groups in total. The van der Waals surface area contributed by atoms with Gasteiger partial charge < -0.3 is 5.32 Å². The van der Waals surface area contributed by atoms with E-state index in [9.17, 15) is 13.2 Å². The molecule has 0 atom stereocenters. The maximum absolute atomic E-state index is 12.9. The highest BCUT2D eigenvalue weighted by atomic mass is 35.5. The molecular weight excluding hydrogens is 428 g/mol. The van der Waals surface area contributed by atoms with Crippen molar-refractivity contribution in [2.45, 2.75) is 36.8 Å². The summed E-state index contributed by atoms with van der Waals surface area (Å²) in [6.07, 6.45) is 2.84. The third-order valence-corrected chi connectivity index (χ3v) is 7.96. The van der Waals surface area contributed by atoms with Gasteiger partial charge >= 0.3 is 0 Å². The van der Waals surface area contributed by atoms with Gasteiger partial charge in [-0.1, -0.05) is 36.2 Å². The number of nitrogens with one attached hydrogen (secondary N) is 1. The third kappa shape index (κ3) is 5.98. The van der Waals surface area contributed by atoms with Gasteiger partial charge in [-0.25, -0.2) is 8.42 Å². The molecule has 0 saturated carbocycles. The van der Waals surface area contributed by atoms with Crippen molar-refractivity contribution in [1.82, 2.24) is 4.31 Å². The Balaban J connectivity index is 1.62. The number of carbonyl (C=O) groups excluding carboxylic acids is 1. The molecule has 156 valence electrons. The molecule has 0 unspecified atom stereocenters. The van der Waals surface area contributed by atoms with Crippen molar-refractivity contribution in [3.05, 3.63) is 58.6 Å². The number of amides is 1. The molecule has 1 heterocycles. The summed E-state index contributed by atoms with van der Waals surface area (Å²) >= 11 is 7.46. The van der Waals surface area contributed by atoms with Crippen LogP contribution < -0.4 is 5.32 Å². The number of carbonyl (C=O) groups is 1. The first-order valence-electron chi connectivity index (χ1n) is 9.59. The topological polar surface area (TPSA) is 66.5 Å². The number of hydrogen-bond acceptors (Lipinski definition) is 4. The number of anilines is 1. The van der Waals surface area contributed by atoms with E-state index in [1.807, 2.05) is 31.2 Å². The minimum atomic E-state index is -3.53. The van der Waals surface area contributed by atoms with Crippen LogP contribution in [0.4, 0.5) is 5.69 Å². The number of rotatable bonds is 7. The average molecular weight is 453 g/mol. The van der Waals surface area contributed by atoms with Crippen LogP contribution in [0.5, 0.6) is 0 Å². The molecule has 0 aliphatic carbocycles. The highest BCUT2D eigenvalue weighted by molar-refractivity contribution is 7.99. The smallest absolute Gasteiger partial charge is 0.243 e. The van der Waals surface area contributed by atoms with Crippen LogP contribution in [0.1, 0.15) is 30.4 Å². The lowest BCUT2D eigenvalue weighted by Crippen LogP contribution is -2.35. The van der Waals surface area contributed by atoms with Gasteiger partial charge in [0.25, 0.3) is 0 Å². The first kappa shape index (κ1) is 22.2. The number of piperidine rings is 1. The molecule has 1 aliphatic rings. The summed E-state index contributed by atoms with van der Waals surface area (Å²) in [5.41, 5.74) is 2.42. The van der Waals surface area contributed by atoms with Gasteiger partial charge in [0.05, 0.1) is 10.6 Å². The number of halogens is 1. The van der Waals surface area contributed by atoms with Crippen LogP contribution in [-0.4, -0.2) is 37.5 Å². The second-order valence-corrected chi connectivity index (χ2v) is 10.5. The Bertz CT molecular complexity index is 974. The summed E-state index contributed by atoms with van der Waals surface area (Å²) in [7, 11) is -3.53. The van der Waals surface area contributed by atoms with Gasteiger partial charge in [0, 0.05) is 29.6 Å². The van der Waals surface area contributed by atoms with Crippen molar-refractivity contribution in [2.75, 3.05) is 24.2 Å². The lowest BCUT2D eigenvalue weighted by molar-refractivity contribution is -0.113. The highest BCUT2D eigenvalue weighted by Gasteiger charge is 2.26. The van der Waals surface area contributed by atoms with Crippen molar-refractivity contribution < 1.29 is 13.2 Å². The Kier molecular flexibility index (Phi) is 7.62. The normalized spacial score (nSPS) is 15.2. The van der Waals surface area contributed by atoms with Crippen LogP contribution in [-0.2, 0) is 20.6 Å². The average Bonchev–Trinajstić information content (AvgIpc) is 2.70. The summed E-state index contributed by atoms with van der Waals surface area (Å²) in [6, 6.07) is 12.5. The molecule has 1 fully saturated rings. The van der Waals surface area contributed by atoms with Crippen molar-refractivity contribution >= 4 is 45.0 Å². The molecule has 1 saturated heterocycles. The van der Waals surface area contributed by atoms with Crippen molar-refractivity contribution in [3.63, 3.8) is 0 Å². The summed E-state index contributed by atoms with van der Waals surface area (Å²) in [5.74, 6) is 0.790. The van der Waals surface area contributed by atoms with Crippen molar-refractivity contribution in [1.29, 1.82) is 0 Å². The van der Waals surface area contributed by atoms with E-state index in [0.717, 1.165) is 30.4 Å². The first-order valence-corrected chi connectivity index (χ1v) is 12.6.